The second-order valence-corrected chi connectivity index (χ2v) is 12.2. The van der Waals surface area contributed by atoms with Gasteiger partial charge in [0.15, 0.2) is 0 Å². The summed E-state index contributed by atoms with van der Waals surface area (Å²) < 4.78 is 38.5. The number of rotatable bonds is 13. The molecule has 0 unspecified atom stereocenters. The van der Waals surface area contributed by atoms with Gasteiger partial charge in [-0.05, 0) is 63.4 Å². The number of ether oxygens (including phenoxy) is 2. The summed E-state index contributed by atoms with van der Waals surface area (Å²) in [7, 11) is -3.93. The Bertz CT molecular complexity index is 1310. The number of esters is 1. The van der Waals surface area contributed by atoms with Crippen LogP contribution in [0.3, 0.4) is 0 Å². The number of benzene rings is 2. The molecule has 0 saturated carbocycles. The molecule has 0 spiro atoms. The topological polar surface area (TPSA) is 163 Å². The fourth-order valence-electron chi connectivity index (χ4n) is 4.54. The molecule has 1 aliphatic rings. The Morgan fingerprint density at radius 1 is 1.02 bits per heavy atom. The number of amides is 2. The van der Waals surface area contributed by atoms with Crippen LogP contribution in [0.2, 0.25) is 0 Å². The average molecular weight is 606 g/mol. The molecule has 1 heterocycles. The van der Waals surface area contributed by atoms with Crippen molar-refractivity contribution in [1.82, 2.24) is 14.5 Å². The fraction of sp³-hybridized carbons (Fsp3) is 0.483. The average Bonchev–Trinajstić information content (AvgIpc) is 3.45. The van der Waals surface area contributed by atoms with Crippen LogP contribution in [-0.4, -0.2) is 96.8 Å². The third-order valence-electron chi connectivity index (χ3n) is 6.65. The summed E-state index contributed by atoms with van der Waals surface area (Å²) in [6.45, 7) is 4.83. The van der Waals surface area contributed by atoms with Crippen molar-refractivity contribution in [3.05, 3.63) is 59.7 Å². The summed E-state index contributed by atoms with van der Waals surface area (Å²) in [5.74, 6) is -1.05. The molecule has 0 radical (unpaired) electrons. The van der Waals surface area contributed by atoms with Crippen molar-refractivity contribution in [3.63, 3.8) is 0 Å². The summed E-state index contributed by atoms with van der Waals surface area (Å²) in [6.07, 6.45) is -0.322. The maximum absolute atomic E-state index is 13.4. The summed E-state index contributed by atoms with van der Waals surface area (Å²) in [6, 6.07) is 10.6. The van der Waals surface area contributed by atoms with Crippen molar-refractivity contribution in [2.24, 2.45) is 0 Å². The SMILES string of the molecule is Cc1ccc(S(=O)(=O)N2CCC[C@H]2C(=O)N[C@@H](Cc2ccc(OC(=O)N(CCO)CCO)cc2)C(=O)OC(C)C)cc1. The van der Waals surface area contributed by atoms with E-state index in [-0.39, 0.29) is 49.9 Å². The van der Waals surface area contributed by atoms with E-state index >= 15 is 0 Å². The molecule has 12 nitrogen and oxygen atoms in total. The molecule has 2 aromatic carbocycles. The highest BCUT2D eigenvalue weighted by atomic mass is 32.2. The number of nitrogens with one attached hydrogen (secondary N) is 1. The number of aliphatic hydroxyl groups excluding tert-OH is 2. The van der Waals surface area contributed by atoms with E-state index in [1.54, 1.807) is 38.1 Å². The van der Waals surface area contributed by atoms with Gasteiger partial charge in [-0.2, -0.15) is 4.31 Å². The maximum Gasteiger partial charge on any atom is 0.415 e. The van der Waals surface area contributed by atoms with E-state index in [9.17, 15) is 22.8 Å². The third kappa shape index (κ3) is 8.74. The minimum Gasteiger partial charge on any atom is -0.461 e. The number of nitrogens with zero attached hydrogens (tertiary/aromatic N) is 2. The molecule has 2 aromatic rings. The molecule has 13 heteroatoms. The smallest absolute Gasteiger partial charge is 0.415 e. The zero-order valence-electron chi connectivity index (χ0n) is 24.1. The molecule has 1 saturated heterocycles. The largest absolute Gasteiger partial charge is 0.461 e. The van der Waals surface area contributed by atoms with Crippen LogP contribution in [-0.2, 0) is 30.8 Å². The Balaban J connectivity index is 1.74. The second-order valence-electron chi connectivity index (χ2n) is 10.3. The van der Waals surface area contributed by atoms with Crippen LogP contribution in [0.15, 0.2) is 53.4 Å². The molecule has 1 aliphatic heterocycles. The molecular formula is C29H39N3O9S. The fourth-order valence-corrected chi connectivity index (χ4v) is 6.20. The van der Waals surface area contributed by atoms with Gasteiger partial charge in [-0.3, -0.25) is 4.79 Å². The van der Waals surface area contributed by atoms with Crippen LogP contribution in [0.1, 0.15) is 37.8 Å². The van der Waals surface area contributed by atoms with E-state index in [0.717, 1.165) is 10.5 Å². The predicted octanol–water partition coefficient (Wildman–Crippen LogP) is 1.61. The van der Waals surface area contributed by atoms with E-state index in [4.69, 9.17) is 19.7 Å². The molecule has 2 atom stereocenters. The van der Waals surface area contributed by atoms with Crippen LogP contribution in [0.5, 0.6) is 5.75 Å². The van der Waals surface area contributed by atoms with Crippen molar-refractivity contribution in [1.29, 1.82) is 0 Å². The second kappa shape index (κ2) is 15.1. The first-order valence-corrected chi connectivity index (χ1v) is 15.3. The van der Waals surface area contributed by atoms with Gasteiger partial charge in [0, 0.05) is 26.1 Å². The molecule has 0 aliphatic carbocycles. The molecular weight excluding hydrogens is 566 g/mol. The van der Waals surface area contributed by atoms with Gasteiger partial charge in [0.05, 0.1) is 24.2 Å². The van der Waals surface area contributed by atoms with Crippen LogP contribution in [0, 0.1) is 6.92 Å². The van der Waals surface area contributed by atoms with Crippen molar-refractivity contribution in [2.75, 3.05) is 32.8 Å². The van der Waals surface area contributed by atoms with Gasteiger partial charge in [0.1, 0.15) is 17.8 Å². The number of hydrogen-bond donors (Lipinski definition) is 3. The van der Waals surface area contributed by atoms with Gasteiger partial charge in [0.2, 0.25) is 15.9 Å². The first-order valence-electron chi connectivity index (χ1n) is 13.8. The van der Waals surface area contributed by atoms with E-state index in [1.807, 2.05) is 6.92 Å². The van der Waals surface area contributed by atoms with Gasteiger partial charge in [-0.1, -0.05) is 29.8 Å². The molecule has 3 rings (SSSR count). The minimum absolute atomic E-state index is 0.00155. The summed E-state index contributed by atoms with van der Waals surface area (Å²) >= 11 is 0. The molecule has 230 valence electrons. The van der Waals surface area contributed by atoms with Gasteiger partial charge in [-0.15, -0.1) is 0 Å². The lowest BCUT2D eigenvalue weighted by molar-refractivity contribution is -0.151. The van der Waals surface area contributed by atoms with E-state index in [0.29, 0.717) is 18.4 Å². The van der Waals surface area contributed by atoms with Crippen LogP contribution >= 0.6 is 0 Å². The Hall–Kier alpha value is -3.52. The highest BCUT2D eigenvalue weighted by Gasteiger charge is 2.40. The van der Waals surface area contributed by atoms with Gasteiger partial charge < -0.3 is 29.9 Å². The molecule has 2 amide bonds. The maximum atomic E-state index is 13.4. The van der Waals surface area contributed by atoms with Crippen LogP contribution < -0.4 is 10.1 Å². The first kappa shape index (κ1) is 33.0. The van der Waals surface area contributed by atoms with Crippen LogP contribution in [0.4, 0.5) is 4.79 Å². The number of sulfonamides is 1. The standard InChI is InChI=1S/C29H39N3O9S/c1-20(2)40-28(36)25(19-22-8-10-23(11-9-22)41-29(37)31(15-17-33)16-18-34)30-27(35)26-5-4-14-32(26)42(38,39)24-12-6-21(3)7-13-24/h6-13,20,25-26,33-34H,4-5,14-19H2,1-3H3,(H,30,35)/t25-,26-/m0/s1. The molecule has 3 N–H and O–H groups in total. The number of carbonyl (C=O) groups is 3. The van der Waals surface area contributed by atoms with Crippen molar-refractivity contribution < 1.29 is 42.5 Å². The minimum atomic E-state index is -3.93. The summed E-state index contributed by atoms with van der Waals surface area (Å²) in [5.41, 5.74) is 1.53. The Morgan fingerprint density at radius 2 is 1.64 bits per heavy atom. The zero-order valence-corrected chi connectivity index (χ0v) is 24.9. The monoisotopic (exact) mass is 605 g/mol. The van der Waals surface area contributed by atoms with Gasteiger partial charge >= 0.3 is 12.1 Å². The Labute approximate surface area is 246 Å². The number of aliphatic hydroxyl groups is 2. The lowest BCUT2D eigenvalue weighted by Crippen LogP contribution is -2.52. The van der Waals surface area contributed by atoms with Crippen LogP contribution in [0.25, 0.3) is 0 Å². The summed E-state index contributed by atoms with van der Waals surface area (Å²) in [5, 5.41) is 20.9. The molecule has 0 aromatic heterocycles. The molecule has 42 heavy (non-hydrogen) atoms. The highest BCUT2D eigenvalue weighted by Crippen LogP contribution is 2.27. The van der Waals surface area contributed by atoms with Crippen molar-refractivity contribution in [3.8, 4) is 5.75 Å². The zero-order chi connectivity index (χ0) is 30.9. The third-order valence-corrected chi connectivity index (χ3v) is 8.58. The molecule has 1 fully saturated rings. The van der Waals surface area contributed by atoms with Gasteiger partial charge in [0.25, 0.3) is 0 Å². The number of carbonyl (C=O) groups excluding carboxylic acids is 3. The molecule has 0 bridgehead atoms. The highest BCUT2D eigenvalue weighted by molar-refractivity contribution is 7.89. The Morgan fingerprint density at radius 3 is 2.21 bits per heavy atom. The quantitative estimate of drug-likeness (QED) is 0.288. The van der Waals surface area contributed by atoms with Crippen molar-refractivity contribution in [2.45, 2.75) is 63.1 Å². The lowest BCUT2D eigenvalue weighted by Gasteiger charge is -2.26. The number of hydrogen-bond acceptors (Lipinski definition) is 9. The van der Waals surface area contributed by atoms with E-state index in [1.165, 1.54) is 28.6 Å². The van der Waals surface area contributed by atoms with E-state index in [2.05, 4.69) is 5.32 Å². The Kier molecular flexibility index (Phi) is 11.9. The van der Waals surface area contributed by atoms with E-state index < -0.39 is 46.2 Å². The summed E-state index contributed by atoms with van der Waals surface area (Å²) in [4.78, 5) is 39.9. The van der Waals surface area contributed by atoms with Gasteiger partial charge in [-0.25, -0.2) is 18.0 Å². The normalized spacial score (nSPS) is 16.2. The first-order chi connectivity index (χ1) is 20.0. The lowest BCUT2D eigenvalue weighted by atomic mass is 10.0. The number of aryl methyl sites for hydroxylation is 1. The van der Waals surface area contributed by atoms with Crippen molar-refractivity contribution >= 4 is 28.0 Å². The predicted molar refractivity (Wildman–Crippen MR) is 153 cm³/mol.